The monoisotopic (exact) mass is 326 g/mol. The highest BCUT2D eigenvalue weighted by Crippen LogP contribution is 2.23. The van der Waals surface area contributed by atoms with Crippen LogP contribution in [0.4, 0.5) is 13.2 Å². The molecular formula is C12H9F3N6S. The molecule has 0 spiro atoms. The summed E-state index contributed by atoms with van der Waals surface area (Å²) >= 11 is 1.13. The zero-order chi connectivity index (χ0) is 15.5. The van der Waals surface area contributed by atoms with Crippen LogP contribution in [-0.4, -0.2) is 29.8 Å². The molecule has 0 aliphatic rings. The molecule has 0 saturated heterocycles. The number of rotatable bonds is 5. The molecule has 22 heavy (non-hydrogen) atoms. The molecule has 0 N–H and O–H groups in total. The SMILES string of the molecule is Fc1cccc(-n2nnnc2SCc2nccn2C(F)F)c1. The van der Waals surface area contributed by atoms with Gasteiger partial charge in [-0.2, -0.15) is 13.5 Å². The lowest BCUT2D eigenvalue weighted by Gasteiger charge is -2.06. The molecule has 6 nitrogen and oxygen atoms in total. The van der Waals surface area contributed by atoms with Crippen molar-refractivity contribution < 1.29 is 13.2 Å². The molecule has 0 fully saturated rings. The molecule has 0 radical (unpaired) electrons. The number of tetrazole rings is 1. The molecule has 0 saturated carbocycles. The molecule has 3 rings (SSSR count). The van der Waals surface area contributed by atoms with Gasteiger partial charge in [-0.3, -0.25) is 4.57 Å². The average Bonchev–Trinajstić information content (AvgIpc) is 3.14. The molecule has 10 heteroatoms. The first-order valence-corrected chi connectivity index (χ1v) is 7.10. The summed E-state index contributed by atoms with van der Waals surface area (Å²) in [6.07, 6.45) is 2.51. The number of thioether (sulfide) groups is 1. The fourth-order valence-electron chi connectivity index (χ4n) is 1.80. The van der Waals surface area contributed by atoms with Gasteiger partial charge in [0.1, 0.15) is 11.6 Å². The Bertz CT molecular complexity index is 772. The van der Waals surface area contributed by atoms with Crippen molar-refractivity contribution in [2.45, 2.75) is 17.5 Å². The number of halogens is 3. The van der Waals surface area contributed by atoms with Gasteiger partial charge in [0.2, 0.25) is 5.16 Å². The van der Waals surface area contributed by atoms with Gasteiger partial charge < -0.3 is 0 Å². The fourth-order valence-corrected chi connectivity index (χ4v) is 2.64. The van der Waals surface area contributed by atoms with Crippen LogP contribution in [0.5, 0.6) is 0 Å². The van der Waals surface area contributed by atoms with E-state index in [2.05, 4.69) is 20.5 Å². The van der Waals surface area contributed by atoms with Crippen LogP contribution in [-0.2, 0) is 5.75 Å². The van der Waals surface area contributed by atoms with E-state index in [-0.39, 0.29) is 11.6 Å². The second-order valence-corrected chi connectivity index (χ2v) is 5.11. The predicted molar refractivity (Wildman–Crippen MR) is 72.2 cm³/mol. The Balaban J connectivity index is 1.80. The Labute approximate surface area is 127 Å². The summed E-state index contributed by atoms with van der Waals surface area (Å²) in [4.78, 5) is 3.88. The normalized spacial score (nSPS) is 11.3. The van der Waals surface area contributed by atoms with E-state index in [1.54, 1.807) is 6.07 Å². The van der Waals surface area contributed by atoms with Gasteiger partial charge in [0, 0.05) is 12.4 Å². The first kappa shape index (κ1) is 14.6. The van der Waals surface area contributed by atoms with E-state index in [9.17, 15) is 13.2 Å². The van der Waals surface area contributed by atoms with Crippen molar-refractivity contribution in [1.29, 1.82) is 0 Å². The van der Waals surface area contributed by atoms with E-state index < -0.39 is 12.4 Å². The van der Waals surface area contributed by atoms with E-state index in [4.69, 9.17) is 0 Å². The molecule has 0 atom stereocenters. The molecule has 3 aromatic rings. The molecule has 0 amide bonds. The number of imidazole rings is 1. The highest BCUT2D eigenvalue weighted by Gasteiger charge is 2.14. The zero-order valence-corrected chi connectivity index (χ0v) is 11.8. The average molecular weight is 326 g/mol. The van der Waals surface area contributed by atoms with Gasteiger partial charge >= 0.3 is 6.55 Å². The van der Waals surface area contributed by atoms with Crippen molar-refractivity contribution in [3.8, 4) is 5.69 Å². The number of benzene rings is 1. The third-order valence-corrected chi connectivity index (χ3v) is 3.70. The molecule has 0 bridgehead atoms. The number of nitrogens with zero attached hydrogens (tertiary/aromatic N) is 6. The standard InChI is InChI=1S/C12H9F3N6S/c13-8-2-1-3-9(6-8)21-12(17-18-19-21)22-7-10-16-4-5-20(10)11(14)15/h1-6,11H,7H2. The van der Waals surface area contributed by atoms with Crippen LogP contribution in [0, 0.1) is 5.82 Å². The van der Waals surface area contributed by atoms with Gasteiger partial charge in [-0.15, -0.1) is 5.10 Å². The van der Waals surface area contributed by atoms with E-state index in [1.165, 1.54) is 35.3 Å². The van der Waals surface area contributed by atoms with Gasteiger partial charge in [-0.05, 0) is 28.6 Å². The fraction of sp³-hybridized carbons (Fsp3) is 0.167. The van der Waals surface area contributed by atoms with Crippen molar-refractivity contribution in [3.63, 3.8) is 0 Å². The topological polar surface area (TPSA) is 61.4 Å². The van der Waals surface area contributed by atoms with Crippen molar-refractivity contribution in [1.82, 2.24) is 29.8 Å². The van der Waals surface area contributed by atoms with Gasteiger partial charge in [0.15, 0.2) is 0 Å². The second kappa shape index (κ2) is 6.18. The van der Waals surface area contributed by atoms with Gasteiger partial charge in [0.25, 0.3) is 0 Å². The van der Waals surface area contributed by atoms with Crippen LogP contribution in [0.3, 0.4) is 0 Å². The number of aromatic nitrogens is 6. The first-order valence-electron chi connectivity index (χ1n) is 6.12. The lowest BCUT2D eigenvalue weighted by molar-refractivity contribution is 0.0678. The molecule has 0 unspecified atom stereocenters. The van der Waals surface area contributed by atoms with Crippen molar-refractivity contribution in [3.05, 3.63) is 48.3 Å². The van der Waals surface area contributed by atoms with E-state index in [0.29, 0.717) is 10.8 Å². The predicted octanol–water partition coefficient (Wildman–Crippen LogP) is 2.69. The van der Waals surface area contributed by atoms with E-state index in [1.807, 2.05) is 0 Å². The second-order valence-electron chi connectivity index (χ2n) is 4.17. The first-order chi connectivity index (χ1) is 10.6. The smallest absolute Gasteiger partial charge is 0.277 e. The molecule has 0 aliphatic carbocycles. The third kappa shape index (κ3) is 2.96. The maximum absolute atomic E-state index is 13.3. The van der Waals surface area contributed by atoms with Crippen LogP contribution in [0.2, 0.25) is 0 Å². The lowest BCUT2D eigenvalue weighted by atomic mass is 10.3. The highest BCUT2D eigenvalue weighted by molar-refractivity contribution is 7.98. The molecule has 0 aliphatic heterocycles. The summed E-state index contributed by atoms with van der Waals surface area (Å²) in [5.41, 5.74) is 0.449. The summed E-state index contributed by atoms with van der Waals surface area (Å²) in [5, 5.41) is 11.5. The Morgan fingerprint density at radius 2 is 2.14 bits per heavy atom. The zero-order valence-electron chi connectivity index (χ0n) is 11.0. The molecular weight excluding hydrogens is 317 g/mol. The maximum Gasteiger partial charge on any atom is 0.319 e. The van der Waals surface area contributed by atoms with Gasteiger partial charge in [0.05, 0.1) is 11.4 Å². The van der Waals surface area contributed by atoms with Gasteiger partial charge in [-0.1, -0.05) is 17.8 Å². The summed E-state index contributed by atoms with van der Waals surface area (Å²) in [7, 11) is 0. The minimum absolute atomic E-state index is 0.160. The summed E-state index contributed by atoms with van der Waals surface area (Å²) < 4.78 is 40.8. The number of hydrogen-bond acceptors (Lipinski definition) is 5. The van der Waals surface area contributed by atoms with Gasteiger partial charge in [-0.25, -0.2) is 9.37 Å². The van der Waals surface area contributed by atoms with Crippen LogP contribution >= 0.6 is 11.8 Å². The molecule has 114 valence electrons. The van der Waals surface area contributed by atoms with Crippen LogP contribution < -0.4 is 0 Å². The third-order valence-electron chi connectivity index (χ3n) is 2.78. The van der Waals surface area contributed by atoms with Crippen molar-refractivity contribution >= 4 is 11.8 Å². The lowest BCUT2D eigenvalue weighted by Crippen LogP contribution is -2.03. The highest BCUT2D eigenvalue weighted by atomic mass is 32.2. The number of hydrogen-bond donors (Lipinski definition) is 0. The van der Waals surface area contributed by atoms with Crippen molar-refractivity contribution in [2.75, 3.05) is 0 Å². The Morgan fingerprint density at radius 1 is 1.27 bits per heavy atom. The van der Waals surface area contributed by atoms with Crippen LogP contribution in [0.1, 0.15) is 12.4 Å². The largest absolute Gasteiger partial charge is 0.319 e. The molecule has 2 heterocycles. The molecule has 1 aromatic carbocycles. The van der Waals surface area contributed by atoms with Crippen LogP contribution in [0.15, 0.2) is 41.8 Å². The maximum atomic E-state index is 13.3. The summed E-state index contributed by atoms with van der Waals surface area (Å²) in [6, 6.07) is 5.76. The van der Waals surface area contributed by atoms with Crippen molar-refractivity contribution in [2.24, 2.45) is 0 Å². The Morgan fingerprint density at radius 3 is 2.91 bits per heavy atom. The summed E-state index contributed by atoms with van der Waals surface area (Å²) in [5.74, 6) is -0.0569. The molecule has 2 aromatic heterocycles. The minimum Gasteiger partial charge on any atom is -0.277 e. The number of alkyl halides is 2. The summed E-state index contributed by atoms with van der Waals surface area (Å²) in [6.45, 7) is -2.66. The Hall–Kier alpha value is -2.36. The quantitative estimate of drug-likeness (QED) is 0.675. The minimum atomic E-state index is -2.66. The Kier molecular flexibility index (Phi) is 4.09. The van der Waals surface area contributed by atoms with Crippen LogP contribution in [0.25, 0.3) is 5.69 Å². The van der Waals surface area contributed by atoms with E-state index in [0.717, 1.165) is 16.3 Å². The van der Waals surface area contributed by atoms with E-state index >= 15 is 0 Å².